The van der Waals surface area contributed by atoms with E-state index in [1.54, 1.807) is 18.6 Å². The van der Waals surface area contributed by atoms with Crippen LogP contribution in [-0.2, 0) is 6.54 Å². The van der Waals surface area contributed by atoms with E-state index < -0.39 is 0 Å². The highest BCUT2D eigenvalue weighted by Crippen LogP contribution is 2.15. The number of rotatable bonds is 2. The molecule has 0 atom stereocenters. The second-order valence-corrected chi connectivity index (χ2v) is 5.45. The Kier molecular flexibility index (Phi) is 3.28. The van der Waals surface area contributed by atoms with Gasteiger partial charge in [0.1, 0.15) is 0 Å². The maximum Gasteiger partial charge on any atom is 0.218 e. The summed E-state index contributed by atoms with van der Waals surface area (Å²) in [5, 5.41) is 1.10. The number of halogens is 1. The molecule has 5 heteroatoms. The summed E-state index contributed by atoms with van der Waals surface area (Å²) in [5.41, 5.74) is 7.85. The third-order valence-corrected chi connectivity index (χ3v) is 3.66. The predicted molar refractivity (Wildman–Crippen MR) is 83.7 cm³/mol. The maximum absolute atomic E-state index is 11.6. The number of hydrogen-bond donors (Lipinski definition) is 1. The molecule has 0 aliphatic heterocycles. The molecule has 0 radical (unpaired) electrons. The Morgan fingerprint density at radius 3 is 2.90 bits per heavy atom. The van der Waals surface area contributed by atoms with Crippen molar-refractivity contribution in [2.24, 2.45) is 0 Å². The van der Waals surface area contributed by atoms with Crippen molar-refractivity contribution in [3.05, 3.63) is 69.2 Å². The van der Waals surface area contributed by atoms with Crippen LogP contribution >= 0.6 is 15.9 Å². The lowest BCUT2D eigenvalue weighted by Crippen LogP contribution is -2.13. The van der Waals surface area contributed by atoms with Crippen molar-refractivity contribution < 1.29 is 0 Å². The molecule has 4 nitrogen and oxygen atoms in total. The molecule has 20 heavy (non-hydrogen) atoms. The lowest BCUT2D eigenvalue weighted by Gasteiger charge is -2.09. The highest BCUT2D eigenvalue weighted by molar-refractivity contribution is 9.10. The first-order valence-electron chi connectivity index (χ1n) is 6.12. The van der Waals surface area contributed by atoms with Gasteiger partial charge in [0, 0.05) is 30.5 Å². The van der Waals surface area contributed by atoms with Gasteiger partial charge in [-0.25, -0.2) is 0 Å². The van der Waals surface area contributed by atoms with E-state index in [-0.39, 0.29) is 11.1 Å². The van der Waals surface area contributed by atoms with Crippen molar-refractivity contribution >= 4 is 32.5 Å². The van der Waals surface area contributed by atoms with Crippen molar-refractivity contribution in [3.8, 4) is 0 Å². The van der Waals surface area contributed by atoms with Gasteiger partial charge in [-0.15, -0.1) is 0 Å². The minimum Gasteiger partial charge on any atom is -0.394 e. The molecule has 0 spiro atoms. The standard InChI is InChI=1S/C15H12BrN3O/c16-12-8-19(9-13(17)15(12)20)7-10-3-4-14-11(6-10)2-1-5-18-14/h1-6,8-9H,7,17H2. The zero-order valence-corrected chi connectivity index (χ0v) is 12.2. The SMILES string of the molecule is Nc1cn(Cc2ccc3ncccc3c2)cc(Br)c1=O. The van der Waals surface area contributed by atoms with Gasteiger partial charge < -0.3 is 10.3 Å². The van der Waals surface area contributed by atoms with Crippen LogP contribution in [0.5, 0.6) is 0 Å². The van der Waals surface area contributed by atoms with E-state index in [0.717, 1.165) is 16.5 Å². The van der Waals surface area contributed by atoms with Crippen LogP contribution < -0.4 is 11.2 Å². The lowest BCUT2D eigenvalue weighted by atomic mass is 10.1. The third-order valence-electron chi connectivity index (χ3n) is 3.10. The Morgan fingerprint density at radius 1 is 1.25 bits per heavy atom. The van der Waals surface area contributed by atoms with Crippen molar-refractivity contribution in [1.29, 1.82) is 0 Å². The normalized spacial score (nSPS) is 10.8. The predicted octanol–water partition coefficient (Wildman–Crippen LogP) is 2.79. The first kappa shape index (κ1) is 12.9. The fourth-order valence-electron chi connectivity index (χ4n) is 2.14. The van der Waals surface area contributed by atoms with E-state index in [1.807, 2.05) is 28.8 Å². The van der Waals surface area contributed by atoms with Crippen LogP contribution in [0.3, 0.4) is 0 Å². The Morgan fingerprint density at radius 2 is 2.10 bits per heavy atom. The van der Waals surface area contributed by atoms with E-state index in [9.17, 15) is 4.79 Å². The topological polar surface area (TPSA) is 60.9 Å². The van der Waals surface area contributed by atoms with E-state index in [4.69, 9.17) is 5.73 Å². The van der Waals surface area contributed by atoms with E-state index >= 15 is 0 Å². The van der Waals surface area contributed by atoms with E-state index in [1.165, 1.54) is 0 Å². The van der Waals surface area contributed by atoms with Gasteiger partial charge in [-0.05, 0) is 39.7 Å². The molecule has 0 aliphatic rings. The molecule has 0 saturated carbocycles. The summed E-state index contributed by atoms with van der Waals surface area (Å²) in [6.45, 7) is 0.647. The van der Waals surface area contributed by atoms with Gasteiger partial charge in [-0.3, -0.25) is 9.78 Å². The van der Waals surface area contributed by atoms with Crippen molar-refractivity contribution in [1.82, 2.24) is 9.55 Å². The first-order chi connectivity index (χ1) is 9.63. The molecule has 2 aromatic heterocycles. The van der Waals surface area contributed by atoms with Gasteiger partial charge in [0.15, 0.2) is 0 Å². The summed E-state index contributed by atoms with van der Waals surface area (Å²) in [6.07, 6.45) is 5.17. The summed E-state index contributed by atoms with van der Waals surface area (Å²) in [7, 11) is 0. The number of pyridine rings is 2. The van der Waals surface area contributed by atoms with Crippen molar-refractivity contribution in [2.75, 3.05) is 5.73 Å². The highest BCUT2D eigenvalue weighted by Gasteiger charge is 2.03. The minimum absolute atomic E-state index is 0.177. The number of fused-ring (bicyclic) bond motifs is 1. The van der Waals surface area contributed by atoms with Crippen LogP contribution in [0.1, 0.15) is 5.56 Å². The number of nitrogens with two attached hydrogens (primary N) is 1. The zero-order chi connectivity index (χ0) is 14.1. The fraction of sp³-hybridized carbons (Fsp3) is 0.0667. The van der Waals surface area contributed by atoms with Crippen LogP contribution in [-0.4, -0.2) is 9.55 Å². The highest BCUT2D eigenvalue weighted by atomic mass is 79.9. The molecule has 0 amide bonds. The van der Waals surface area contributed by atoms with Gasteiger partial charge in [0.25, 0.3) is 0 Å². The average molecular weight is 330 g/mol. The van der Waals surface area contributed by atoms with Crippen molar-refractivity contribution in [3.63, 3.8) is 0 Å². The molecular weight excluding hydrogens is 318 g/mol. The molecule has 0 fully saturated rings. The van der Waals surface area contributed by atoms with Crippen LogP contribution in [0.15, 0.2) is 58.2 Å². The molecular formula is C15H12BrN3O. The molecule has 3 rings (SSSR count). The Bertz CT molecular complexity index is 816. The Hall–Kier alpha value is -2.14. The molecule has 0 unspecified atom stereocenters. The number of nitrogen functional groups attached to an aromatic ring is 1. The van der Waals surface area contributed by atoms with Gasteiger partial charge in [-0.2, -0.15) is 0 Å². The number of aromatic nitrogens is 2. The zero-order valence-electron chi connectivity index (χ0n) is 10.6. The second kappa shape index (κ2) is 5.09. The molecule has 0 saturated heterocycles. The second-order valence-electron chi connectivity index (χ2n) is 4.59. The van der Waals surface area contributed by atoms with Crippen molar-refractivity contribution in [2.45, 2.75) is 6.54 Å². The summed E-state index contributed by atoms with van der Waals surface area (Å²) < 4.78 is 2.36. The Labute approximate surface area is 124 Å². The fourth-order valence-corrected chi connectivity index (χ4v) is 2.63. The van der Waals surface area contributed by atoms with Gasteiger partial charge >= 0.3 is 0 Å². The molecule has 2 heterocycles. The molecule has 1 aromatic carbocycles. The number of hydrogen-bond acceptors (Lipinski definition) is 3. The number of anilines is 1. The first-order valence-corrected chi connectivity index (χ1v) is 6.91. The molecule has 3 aromatic rings. The summed E-state index contributed by atoms with van der Waals surface area (Å²) in [4.78, 5) is 15.8. The third kappa shape index (κ3) is 2.44. The van der Waals surface area contributed by atoms with E-state index in [2.05, 4.69) is 27.0 Å². The average Bonchev–Trinajstić information content (AvgIpc) is 2.44. The largest absolute Gasteiger partial charge is 0.394 e. The number of nitrogens with zero attached hydrogens (tertiary/aromatic N) is 2. The minimum atomic E-state index is -0.177. The van der Waals surface area contributed by atoms with E-state index in [0.29, 0.717) is 11.0 Å². The van der Waals surface area contributed by atoms with Gasteiger partial charge in [0.05, 0.1) is 15.7 Å². The smallest absolute Gasteiger partial charge is 0.218 e. The number of benzene rings is 1. The monoisotopic (exact) mass is 329 g/mol. The summed E-state index contributed by atoms with van der Waals surface area (Å²) in [6, 6.07) is 10.1. The summed E-state index contributed by atoms with van der Waals surface area (Å²) in [5.74, 6) is 0. The quantitative estimate of drug-likeness (QED) is 0.786. The Balaban J connectivity index is 1.99. The molecule has 0 aliphatic carbocycles. The lowest BCUT2D eigenvalue weighted by molar-refractivity contribution is 0.788. The molecule has 0 bridgehead atoms. The van der Waals surface area contributed by atoms with Gasteiger partial charge in [-0.1, -0.05) is 12.1 Å². The van der Waals surface area contributed by atoms with Crippen LogP contribution in [0.25, 0.3) is 10.9 Å². The van der Waals surface area contributed by atoms with Crippen LogP contribution in [0.2, 0.25) is 0 Å². The van der Waals surface area contributed by atoms with Crippen LogP contribution in [0.4, 0.5) is 5.69 Å². The molecule has 2 N–H and O–H groups in total. The maximum atomic E-state index is 11.6. The molecule has 100 valence electrons. The van der Waals surface area contributed by atoms with Gasteiger partial charge in [0.2, 0.25) is 5.43 Å². The summed E-state index contributed by atoms with van der Waals surface area (Å²) >= 11 is 3.23. The van der Waals surface area contributed by atoms with Crippen LogP contribution in [0, 0.1) is 0 Å².